The Hall–Kier alpha value is -1.29. The number of halogens is 1. The maximum atomic E-state index is 13.6. The molecular weight excluding hydrogens is 377 g/mol. The first-order chi connectivity index (χ1) is 11.4. The zero-order valence-corrected chi connectivity index (χ0v) is 17.7. The number of hydrogen-bond donors (Lipinski definition) is 1. The zero-order chi connectivity index (χ0) is 19.2. The predicted octanol–water partition coefficient (Wildman–Crippen LogP) is 5.38. The van der Waals surface area contributed by atoms with Crippen LogP contribution in [0.1, 0.15) is 40.9 Å². The van der Waals surface area contributed by atoms with E-state index in [1.807, 2.05) is 33.8 Å². The molecule has 0 fully saturated rings. The quantitative estimate of drug-likeness (QED) is 0.701. The summed E-state index contributed by atoms with van der Waals surface area (Å²) < 4.78 is 15.2. The van der Waals surface area contributed by atoms with Gasteiger partial charge in [0.1, 0.15) is 4.88 Å². The molecule has 1 atom stereocenters. The van der Waals surface area contributed by atoms with Gasteiger partial charge in [0.25, 0.3) is 0 Å². The lowest BCUT2D eigenvalue weighted by molar-refractivity contribution is 0.0703. The number of benzene rings is 1. The number of thiophene rings is 1. The molecule has 0 amide bonds. The second kappa shape index (κ2) is 6.79. The third kappa shape index (κ3) is 3.94. The summed E-state index contributed by atoms with van der Waals surface area (Å²) in [5.74, 6) is -1.00. The maximum absolute atomic E-state index is 13.6. The van der Waals surface area contributed by atoms with Gasteiger partial charge in [-0.3, -0.25) is 4.57 Å². The van der Waals surface area contributed by atoms with Crippen molar-refractivity contribution in [2.24, 2.45) is 0 Å². The van der Waals surface area contributed by atoms with Crippen molar-refractivity contribution in [2.45, 2.75) is 33.1 Å². The summed E-state index contributed by atoms with van der Waals surface area (Å²) in [6.07, 6.45) is 0. The number of anilines is 1. The van der Waals surface area contributed by atoms with Crippen LogP contribution >= 0.6 is 30.2 Å². The van der Waals surface area contributed by atoms with Crippen LogP contribution in [0.25, 0.3) is 0 Å². The average Bonchev–Trinajstić information content (AvgIpc) is 2.91. The Labute approximate surface area is 157 Å². The molecule has 0 aliphatic heterocycles. The zero-order valence-electron chi connectivity index (χ0n) is 15.3. The molecule has 1 unspecified atom stereocenters. The Kier molecular flexibility index (Phi) is 5.44. The van der Waals surface area contributed by atoms with Crippen LogP contribution in [0.15, 0.2) is 24.3 Å². The number of carbonyl (C=O) groups is 1. The molecule has 0 saturated heterocycles. The summed E-state index contributed by atoms with van der Waals surface area (Å²) in [5, 5.41) is 10.9. The normalized spacial score (nSPS) is 14.2. The number of nitrogens with zero attached hydrogens (tertiary/aromatic N) is 1. The summed E-state index contributed by atoms with van der Waals surface area (Å²) in [4.78, 5) is 12.9. The molecule has 0 aliphatic carbocycles. The van der Waals surface area contributed by atoms with Crippen LogP contribution in [0.3, 0.4) is 0 Å². The highest BCUT2D eigenvalue weighted by molar-refractivity contribution is 7.72. The van der Waals surface area contributed by atoms with Crippen molar-refractivity contribution in [1.82, 2.24) is 0 Å². The molecule has 7 heteroatoms. The van der Waals surface area contributed by atoms with E-state index in [1.54, 1.807) is 36.6 Å². The standard InChI is InChI=1S/C18H23ClNO3PS/c1-11-9-12(19)7-8-14(11)24(6,23)20(5)13-10-15(18(2,3)4)25-16(13)17(21)22/h7-10H,1-6H3,(H,21,22). The SMILES string of the molecule is Cc1cc(Cl)ccc1P(C)(=O)N(C)c1cc(C(C)(C)C)sc1C(=O)O. The minimum absolute atomic E-state index is 0.179. The predicted molar refractivity (Wildman–Crippen MR) is 108 cm³/mol. The van der Waals surface area contributed by atoms with Gasteiger partial charge in [-0.15, -0.1) is 11.3 Å². The Morgan fingerprint density at radius 1 is 1.28 bits per heavy atom. The van der Waals surface area contributed by atoms with E-state index in [-0.39, 0.29) is 10.3 Å². The Balaban J connectivity index is 2.59. The second-order valence-corrected chi connectivity index (χ2v) is 11.5. The molecule has 0 saturated carbocycles. The Bertz CT molecular complexity index is 870. The first-order valence-electron chi connectivity index (χ1n) is 7.81. The van der Waals surface area contributed by atoms with E-state index in [0.717, 1.165) is 10.4 Å². The molecule has 25 heavy (non-hydrogen) atoms. The minimum Gasteiger partial charge on any atom is -0.477 e. The fourth-order valence-corrected chi connectivity index (χ4v) is 5.94. The van der Waals surface area contributed by atoms with Crippen molar-refractivity contribution < 1.29 is 14.5 Å². The first-order valence-corrected chi connectivity index (χ1v) is 11.1. The second-order valence-electron chi connectivity index (χ2n) is 7.21. The third-order valence-corrected chi connectivity index (χ3v) is 8.70. The van der Waals surface area contributed by atoms with Gasteiger partial charge >= 0.3 is 5.97 Å². The lowest BCUT2D eigenvalue weighted by Gasteiger charge is -2.28. The molecule has 1 aromatic carbocycles. The Morgan fingerprint density at radius 3 is 2.36 bits per heavy atom. The summed E-state index contributed by atoms with van der Waals surface area (Å²) in [5.41, 5.74) is 1.14. The summed E-state index contributed by atoms with van der Waals surface area (Å²) in [6, 6.07) is 7.08. The summed E-state index contributed by atoms with van der Waals surface area (Å²) in [7, 11) is -1.31. The van der Waals surface area contributed by atoms with Crippen molar-refractivity contribution in [3.63, 3.8) is 0 Å². The van der Waals surface area contributed by atoms with E-state index < -0.39 is 13.3 Å². The number of rotatable bonds is 4. The number of carboxylic acids is 1. The van der Waals surface area contributed by atoms with Gasteiger partial charge in [-0.2, -0.15) is 0 Å². The van der Waals surface area contributed by atoms with E-state index in [1.165, 1.54) is 11.3 Å². The van der Waals surface area contributed by atoms with E-state index in [4.69, 9.17) is 11.6 Å². The van der Waals surface area contributed by atoms with E-state index in [0.29, 0.717) is 16.0 Å². The molecule has 0 spiro atoms. The van der Waals surface area contributed by atoms with Crippen LogP contribution in [0.4, 0.5) is 5.69 Å². The number of aryl methyl sites for hydroxylation is 1. The van der Waals surface area contributed by atoms with Crippen molar-refractivity contribution in [3.8, 4) is 0 Å². The third-order valence-electron chi connectivity index (χ3n) is 4.17. The molecular formula is C18H23ClNO3PS. The van der Waals surface area contributed by atoms with Crippen molar-refractivity contribution in [3.05, 3.63) is 44.6 Å². The van der Waals surface area contributed by atoms with Crippen molar-refractivity contribution in [1.29, 1.82) is 0 Å². The highest BCUT2D eigenvalue weighted by Gasteiger charge is 2.32. The Morgan fingerprint density at radius 2 is 1.88 bits per heavy atom. The summed E-state index contributed by atoms with van der Waals surface area (Å²) in [6.45, 7) is 9.61. The van der Waals surface area contributed by atoms with Crippen molar-refractivity contribution >= 4 is 47.2 Å². The molecule has 2 aromatic rings. The molecule has 136 valence electrons. The monoisotopic (exact) mass is 399 g/mol. The van der Waals surface area contributed by atoms with Crippen LogP contribution in [0.5, 0.6) is 0 Å². The van der Waals surface area contributed by atoms with Gasteiger partial charge in [0.2, 0.25) is 0 Å². The van der Waals surface area contributed by atoms with Gasteiger partial charge in [0.15, 0.2) is 7.29 Å². The highest BCUT2D eigenvalue weighted by atomic mass is 35.5. The van der Waals surface area contributed by atoms with E-state index in [9.17, 15) is 14.5 Å². The van der Waals surface area contributed by atoms with Crippen LogP contribution < -0.4 is 9.97 Å². The van der Waals surface area contributed by atoms with Gasteiger partial charge in [-0.25, -0.2) is 4.79 Å². The highest BCUT2D eigenvalue weighted by Crippen LogP contribution is 2.50. The molecule has 0 radical (unpaired) electrons. The molecule has 0 aliphatic rings. The van der Waals surface area contributed by atoms with Crippen LogP contribution in [-0.2, 0) is 9.98 Å². The number of hydrogen-bond acceptors (Lipinski definition) is 3. The van der Waals surface area contributed by atoms with E-state index in [2.05, 4.69) is 0 Å². The average molecular weight is 400 g/mol. The lowest BCUT2D eigenvalue weighted by Crippen LogP contribution is -2.23. The molecule has 2 rings (SSSR count). The topological polar surface area (TPSA) is 57.6 Å². The van der Waals surface area contributed by atoms with Crippen LogP contribution in [-0.4, -0.2) is 24.8 Å². The van der Waals surface area contributed by atoms with Gasteiger partial charge in [-0.05, 0) is 42.2 Å². The summed E-state index contributed by atoms with van der Waals surface area (Å²) >= 11 is 7.24. The molecule has 1 N–H and O–H groups in total. The molecule has 0 bridgehead atoms. The minimum atomic E-state index is -3.00. The number of carboxylic acid groups (broad SMARTS) is 1. The largest absolute Gasteiger partial charge is 0.477 e. The maximum Gasteiger partial charge on any atom is 0.348 e. The van der Waals surface area contributed by atoms with Crippen molar-refractivity contribution in [2.75, 3.05) is 18.4 Å². The van der Waals surface area contributed by atoms with Gasteiger partial charge in [0, 0.05) is 28.9 Å². The first kappa shape index (κ1) is 20.0. The van der Waals surface area contributed by atoms with Crippen LogP contribution in [0, 0.1) is 6.92 Å². The van der Waals surface area contributed by atoms with Gasteiger partial charge in [0.05, 0.1) is 5.69 Å². The van der Waals surface area contributed by atoms with Crippen LogP contribution in [0.2, 0.25) is 5.02 Å². The fourth-order valence-electron chi connectivity index (χ4n) is 2.60. The van der Waals surface area contributed by atoms with E-state index >= 15 is 0 Å². The molecule has 1 aromatic heterocycles. The number of aromatic carboxylic acids is 1. The smallest absolute Gasteiger partial charge is 0.348 e. The molecule has 4 nitrogen and oxygen atoms in total. The van der Waals surface area contributed by atoms with Gasteiger partial charge < -0.3 is 9.78 Å². The molecule has 1 heterocycles. The lowest BCUT2D eigenvalue weighted by atomic mass is 9.94. The van der Waals surface area contributed by atoms with Gasteiger partial charge in [-0.1, -0.05) is 32.4 Å². The fraction of sp³-hybridized carbons (Fsp3) is 0.389.